The topological polar surface area (TPSA) is 60.8 Å². The van der Waals surface area contributed by atoms with E-state index in [9.17, 15) is 15.0 Å². The second kappa shape index (κ2) is 6.30. The number of hydrogen-bond donors (Lipinski definition) is 2. The Kier molecular flexibility index (Phi) is 4.22. The highest BCUT2D eigenvalue weighted by Gasteiger charge is 2.35. The third-order valence-electron chi connectivity index (χ3n) is 4.14. The number of nitrogens with zero attached hydrogens (tertiary/aromatic N) is 1. The molecule has 0 bridgehead atoms. The first-order chi connectivity index (χ1) is 10.6. The summed E-state index contributed by atoms with van der Waals surface area (Å²) in [6.45, 7) is 0.930. The molecule has 0 saturated carbocycles. The molecule has 0 unspecified atom stereocenters. The number of rotatable bonds is 4. The minimum absolute atomic E-state index is 0.294. The Labute approximate surface area is 129 Å². The second-order valence-corrected chi connectivity index (χ2v) is 5.70. The number of likely N-dealkylation sites (tertiary alicyclic amines) is 1. The van der Waals surface area contributed by atoms with Crippen LogP contribution in [0.3, 0.4) is 0 Å². The third-order valence-corrected chi connectivity index (χ3v) is 4.14. The predicted molar refractivity (Wildman–Crippen MR) is 84.3 cm³/mol. The largest absolute Gasteiger partial charge is 0.480 e. The number of carbonyl (C=O) groups is 1. The highest BCUT2D eigenvalue weighted by atomic mass is 16.4. The molecule has 3 rings (SSSR count). The van der Waals surface area contributed by atoms with Crippen molar-refractivity contribution in [2.24, 2.45) is 0 Å². The molecular formula is C18H19NO3. The Hall–Kier alpha value is -2.17. The lowest BCUT2D eigenvalue weighted by Crippen LogP contribution is -2.35. The lowest BCUT2D eigenvalue weighted by Gasteiger charge is -2.22. The summed E-state index contributed by atoms with van der Waals surface area (Å²) in [5.74, 6) is -0.867. The van der Waals surface area contributed by atoms with Gasteiger partial charge in [-0.15, -0.1) is 0 Å². The maximum Gasteiger partial charge on any atom is 0.321 e. The van der Waals surface area contributed by atoms with Gasteiger partial charge in [0.05, 0.1) is 6.10 Å². The van der Waals surface area contributed by atoms with Crippen LogP contribution in [0.15, 0.2) is 54.6 Å². The number of benzene rings is 2. The van der Waals surface area contributed by atoms with Gasteiger partial charge in [-0.3, -0.25) is 9.69 Å². The summed E-state index contributed by atoms with van der Waals surface area (Å²) in [4.78, 5) is 13.2. The molecule has 2 aromatic carbocycles. The van der Waals surface area contributed by atoms with Crippen molar-refractivity contribution in [2.45, 2.75) is 25.1 Å². The fraction of sp³-hybridized carbons (Fsp3) is 0.278. The lowest BCUT2D eigenvalue weighted by molar-refractivity contribution is -0.142. The second-order valence-electron chi connectivity index (χ2n) is 5.70. The SMILES string of the molecule is O=C(O)[C@@H]1C[C@@H](O)CN1Cc1ccccc1-c1ccccc1. The monoisotopic (exact) mass is 297 g/mol. The smallest absolute Gasteiger partial charge is 0.321 e. The first-order valence-corrected chi connectivity index (χ1v) is 7.43. The molecule has 22 heavy (non-hydrogen) atoms. The van der Waals surface area contributed by atoms with Gasteiger partial charge in [0, 0.05) is 19.5 Å². The molecule has 114 valence electrons. The molecule has 1 fully saturated rings. The molecule has 1 saturated heterocycles. The van der Waals surface area contributed by atoms with E-state index in [2.05, 4.69) is 0 Å². The van der Waals surface area contributed by atoms with Gasteiger partial charge in [0.15, 0.2) is 0 Å². The van der Waals surface area contributed by atoms with Gasteiger partial charge in [-0.25, -0.2) is 0 Å². The normalized spacial score (nSPS) is 21.9. The van der Waals surface area contributed by atoms with E-state index in [4.69, 9.17) is 0 Å². The summed E-state index contributed by atoms with van der Waals surface area (Å²) in [6.07, 6.45) is -0.270. The molecule has 0 spiro atoms. The maximum atomic E-state index is 11.3. The van der Waals surface area contributed by atoms with Crippen LogP contribution in [0.4, 0.5) is 0 Å². The molecule has 1 aliphatic rings. The fourth-order valence-corrected chi connectivity index (χ4v) is 3.09. The Morgan fingerprint density at radius 3 is 2.50 bits per heavy atom. The molecule has 0 radical (unpaired) electrons. The minimum atomic E-state index is -0.867. The van der Waals surface area contributed by atoms with E-state index in [0.717, 1.165) is 16.7 Å². The van der Waals surface area contributed by atoms with Crippen molar-refractivity contribution < 1.29 is 15.0 Å². The fourth-order valence-electron chi connectivity index (χ4n) is 3.09. The van der Waals surface area contributed by atoms with Crippen molar-refractivity contribution in [1.82, 2.24) is 4.90 Å². The summed E-state index contributed by atoms with van der Waals surface area (Å²) in [6, 6.07) is 17.5. The zero-order valence-corrected chi connectivity index (χ0v) is 12.2. The molecule has 2 atom stereocenters. The summed E-state index contributed by atoms with van der Waals surface area (Å²) < 4.78 is 0. The van der Waals surface area contributed by atoms with Crippen LogP contribution in [-0.2, 0) is 11.3 Å². The maximum absolute atomic E-state index is 11.3. The number of hydrogen-bond acceptors (Lipinski definition) is 3. The van der Waals surface area contributed by atoms with E-state index in [1.165, 1.54) is 0 Å². The van der Waals surface area contributed by atoms with Crippen molar-refractivity contribution in [3.63, 3.8) is 0 Å². The van der Waals surface area contributed by atoms with Crippen LogP contribution in [-0.4, -0.2) is 39.8 Å². The molecular weight excluding hydrogens is 278 g/mol. The van der Waals surface area contributed by atoms with Gasteiger partial charge < -0.3 is 10.2 Å². The van der Waals surface area contributed by atoms with Gasteiger partial charge in [-0.2, -0.15) is 0 Å². The average molecular weight is 297 g/mol. The summed E-state index contributed by atoms with van der Waals surface area (Å²) in [5, 5.41) is 19.1. The Bertz CT molecular complexity index is 656. The molecule has 1 heterocycles. The number of aliphatic hydroxyl groups is 1. The standard InChI is InChI=1S/C18H19NO3/c20-15-10-17(18(21)22)19(12-15)11-14-8-4-5-9-16(14)13-6-2-1-3-7-13/h1-9,15,17,20H,10-12H2,(H,21,22)/t15-,17+/m1/s1. The van der Waals surface area contributed by atoms with Gasteiger partial charge in [0.25, 0.3) is 0 Å². The van der Waals surface area contributed by atoms with Crippen molar-refractivity contribution >= 4 is 5.97 Å². The summed E-state index contributed by atoms with van der Waals surface area (Å²) >= 11 is 0. The van der Waals surface area contributed by atoms with E-state index in [0.29, 0.717) is 19.5 Å². The van der Waals surface area contributed by atoms with E-state index in [1.54, 1.807) is 0 Å². The first-order valence-electron chi connectivity index (χ1n) is 7.43. The Balaban J connectivity index is 1.88. The number of carboxylic acids is 1. The summed E-state index contributed by atoms with van der Waals surface area (Å²) in [5.41, 5.74) is 3.30. The highest BCUT2D eigenvalue weighted by Crippen LogP contribution is 2.27. The predicted octanol–water partition coefficient (Wildman–Crippen LogP) is 2.37. The van der Waals surface area contributed by atoms with E-state index in [1.807, 2.05) is 59.5 Å². The van der Waals surface area contributed by atoms with Crippen LogP contribution in [0.5, 0.6) is 0 Å². The number of aliphatic carboxylic acids is 1. The van der Waals surface area contributed by atoms with Gasteiger partial charge in [-0.1, -0.05) is 54.6 Å². The van der Waals surface area contributed by atoms with Crippen LogP contribution in [0.2, 0.25) is 0 Å². The highest BCUT2D eigenvalue weighted by molar-refractivity contribution is 5.74. The van der Waals surface area contributed by atoms with Gasteiger partial charge in [-0.05, 0) is 16.7 Å². The third kappa shape index (κ3) is 3.03. The summed E-state index contributed by atoms with van der Waals surface area (Å²) in [7, 11) is 0. The molecule has 0 aliphatic carbocycles. The van der Waals surface area contributed by atoms with Crippen molar-refractivity contribution in [3.05, 3.63) is 60.2 Å². The Morgan fingerprint density at radius 2 is 1.77 bits per heavy atom. The lowest BCUT2D eigenvalue weighted by atomic mass is 9.99. The number of β-amino-alcohol motifs (C(OH)–C–C–N with tert-alkyl or cyclic N) is 1. The van der Waals surface area contributed by atoms with Crippen molar-refractivity contribution in [1.29, 1.82) is 0 Å². The van der Waals surface area contributed by atoms with Crippen LogP contribution < -0.4 is 0 Å². The van der Waals surface area contributed by atoms with Crippen LogP contribution in [0, 0.1) is 0 Å². The van der Waals surface area contributed by atoms with Gasteiger partial charge in [0.2, 0.25) is 0 Å². The van der Waals surface area contributed by atoms with Gasteiger partial charge in [0.1, 0.15) is 6.04 Å². The zero-order valence-electron chi connectivity index (χ0n) is 12.2. The quantitative estimate of drug-likeness (QED) is 0.909. The molecule has 1 aliphatic heterocycles. The zero-order chi connectivity index (χ0) is 15.5. The Morgan fingerprint density at radius 1 is 1.09 bits per heavy atom. The number of aliphatic hydroxyl groups excluding tert-OH is 1. The van der Waals surface area contributed by atoms with Crippen molar-refractivity contribution in [3.8, 4) is 11.1 Å². The van der Waals surface area contributed by atoms with E-state index < -0.39 is 18.1 Å². The first kappa shape index (κ1) is 14.8. The van der Waals surface area contributed by atoms with Crippen LogP contribution >= 0.6 is 0 Å². The van der Waals surface area contributed by atoms with E-state index in [-0.39, 0.29) is 0 Å². The van der Waals surface area contributed by atoms with Crippen LogP contribution in [0.1, 0.15) is 12.0 Å². The van der Waals surface area contributed by atoms with Gasteiger partial charge >= 0.3 is 5.97 Å². The molecule has 2 aromatic rings. The van der Waals surface area contributed by atoms with E-state index >= 15 is 0 Å². The number of carboxylic acid groups (broad SMARTS) is 1. The van der Waals surface area contributed by atoms with Crippen molar-refractivity contribution in [2.75, 3.05) is 6.54 Å². The molecule has 4 heteroatoms. The molecule has 4 nitrogen and oxygen atoms in total. The minimum Gasteiger partial charge on any atom is -0.480 e. The average Bonchev–Trinajstić information content (AvgIpc) is 2.89. The molecule has 2 N–H and O–H groups in total. The molecule has 0 aromatic heterocycles. The van der Waals surface area contributed by atoms with Crippen LogP contribution in [0.25, 0.3) is 11.1 Å². The molecule has 0 amide bonds.